The molecule has 2 saturated heterocycles. The van der Waals surface area contributed by atoms with E-state index >= 15 is 0 Å². The SMILES string of the molecule is O=S(=O)(N1CCCC1)N1CC(n2cc(C3CC3)nn2)C1. The van der Waals surface area contributed by atoms with Crippen LogP contribution in [0.3, 0.4) is 0 Å². The van der Waals surface area contributed by atoms with Crippen LogP contribution in [-0.4, -0.2) is 58.2 Å². The van der Waals surface area contributed by atoms with Gasteiger partial charge in [0.25, 0.3) is 10.2 Å². The molecule has 110 valence electrons. The largest absolute Gasteiger partial charge is 0.282 e. The van der Waals surface area contributed by atoms with E-state index in [1.54, 1.807) is 8.61 Å². The maximum atomic E-state index is 12.3. The predicted molar refractivity (Wildman–Crippen MR) is 72.3 cm³/mol. The van der Waals surface area contributed by atoms with Crippen molar-refractivity contribution in [1.82, 2.24) is 23.6 Å². The number of hydrogen-bond donors (Lipinski definition) is 0. The molecule has 0 radical (unpaired) electrons. The first-order valence-electron chi connectivity index (χ1n) is 7.31. The molecule has 0 atom stereocenters. The van der Waals surface area contributed by atoms with Crippen molar-refractivity contribution in [3.8, 4) is 0 Å². The molecule has 0 N–H and O–H groups in total. The van der Waals surface area contributed by atoms with Crippen LogP contribution < -0.4 is 0 Å². The second kappa shape index (κ2) is 4.51. The molecule has 1 aromatic heterocycles. The normalized spacial score (nSPS) is 26.0. The molecule has 3 fully saturated rings. The summed E-state index contributed by atoms with van der Waals surface area (Å²) in [6.45, 7) is 2.37. The Labute approximate surface area is 118 Å². The van der Waals surface area contributed by atoms with Crippen molar-refractivity contribution >= 4 is 10.2 Å². The Hall–Kier alpha value is -0.990. The number of hydrogen-bond acceptors (Lipinski definition) is 4. The van der Waals surface area contributed by atoms with Gasteiger partial charge in [-0.3, -0.25) is 0 Å². The minimum absolute atomic E-state index is 0.146. The Kier molecular flexibility index (Phi) is 2.87. The first kappa shape index (κ1) is 12.7. The second-order valence-corrected chi connectivity index (χ2v) is 7.91. The Morgan fingerprint density at radius 1 is 1.10 bits per heavy atom. The van der Waals surface area contributed by atoms with Crippen molar-refractivity contribution in [2.45, 2.75) is 37.6 Å². The zero-order valence-corrected chi connectivity index (χ0v) is 12.2. The molecule has 1 aromatic rings. The van der Waals surface area contributed by atoms with Gasteiger partial charge in [0.15, 0.2) is 0 Å². The lowest BCUT2D eigenvalue weighted by Gasteiger charge is -2.39. The molecule has 0 unspecified atom stereocenters. The molecule has 3 heterocycles. The molecule has 1 aliphatic carbocycles. The standard InChI is InChI=1S/C12H19N5O2S/c18-20(19,15-5-1-2-6-15)16-7-11(8-16)17-9-12(13-14-17)10-3-4-10/h9-11H,1-8H2. The molecule has 0 spiro atoms. The van der Waals surface area contributed by atoms with E-state index in [2.05, 4.69) is 10.3 Å². The summed E-state index contributed by atoms with van der Waals surface area (Å²) in [5.41, 5.74) is 1.06. The summed E-state index contributed by atoms with van der Waals surface area (Å²) in [7, 11) is -3.23. The van der Waals surface area contributed by atoms with Crippen LogP contribution in [0.1, 0.15) is 43.3 Å². The summed E-state index contributed by atoms with van der Waals surface area (Å²) < 4.78 is 29.6. The lowest BCUT2D eigenvalue weighted by atomic mass is 10.2. The highest BCUT2D eigenvalue weighted by molar-refractivity contribution is 7.86. The van der Waals surface area contributed by atoms with E-state index in [1.165, 1.54) is 12.8 Å². The molecule has 7 nitrogen and oxygen atoms in total. The maximum absolute atomic E-state index is 12.3. The Morgan fingerprint density at radius 2 is 1.80 bits per heavy atom. The smallest absolute Gasteiger partial charge is 0.247 e. The molecule has 2 aliphatic heterocycles. The molecule has 4 rings (SSSR count). The van der Waals surface area contributed by atoms with E-state index in [9.17, 15) is 8.42 Å². The first-order valence-corrected chi connectivity index (χ1v) is 8.71. The van der Waals surface area contributed by atoms with Gasteiger partial charge in [-0.2, -0.15) is 17.0 Å². The van der Waals surface area contributed by atoms with Crippen LogP contribution in [0.2, 0.25) is 0 Å². The van der Waals surface area contributed by atoms with Crippen LogP contribution in [0.4, 0.5) is 0 Å². The van der Waals surface area contributed by atoms with Gasteiger partial charge in [-0.1, -0.05) is 5.21 Å². The third-order valence-electron chi connectivity index (χ3n) is 4.44. The Morgan fingerprint density at radius 3 is 2.45 bits per heavy atom. The Bertz CT molecular complexity index is 597. The van der Waals surface area contributed by atoms with Gasteiger partial charge in [0.05, 0.1) is 11.7 Å². The predicted octanol–water partition coefficient (Wildman–Crippen LogP) is 0.353. The van der Waals surface area contributed by atoms with Gasteiger partial charge in [-0.15, -0.1) is 5.10 Å². The highest BCUT2D eigenvalue weighted by Crippen LogP contribution is 2.39. The molecule has 0 aromatic carbocycles. The third-order valence-corrected chi connectivity index (χ3v) is 6.41. The molecule has 3 aliphatic rings. The van der Waals surface area contributed by atoms with Gasteiger partial charge in [0.2, 0.25) is 0 Å². The zero-order chi connectivity index (χ0) is 13.7. The van der Waals surface area contributed by atoms with Crippen molar-refractivity contribution < 1.29 is 8.42 Å². The fourth-order valence-electron chi connectivity index (χ4n) is 2.89. The highest BCUT2D eigenvalue weighted by Gasteiger charge is 2.41. The zero-order valence-electron chi connectivity index (χ0n) is 11.3. The van der Waals surface area contributed by atoms with Crippen LogP contribution in [0.15, 0.2) is 6.20 Å². The summed E-state index contributed by atoms with van der Waals surface area (Å²) in [6, 6.07) is 0.146. The van der Waals surface area contributed by atoms with Crippen molar-refractivity contribution in [1.29, 1.82) is 0 Å². The molecule has 0 bridgehead atoms. The molecular formula is C12H19N5O2S. The number of nitrogens with zero attached hydrogens (tertiary/aromatic N) is 5. The van der Waals surface area contributed by atoms with E-state index in [0.717, 1.165) is 18.5 Å². The topological polar surface area (TPSA) is 71.3 Å². The maximum Gasteiger partial charge on any atom is 0.282 e. The third kappa shape index (κ3) is 2.06. The van der Waals surface area contributed by atoms with Crippen molar-refractivity contribution in [2.24, 2.45) is 0 Å². The minimum atomic E-state index is -3.23. The molecule has 0 amide bonds. The van der Waals surface area contributed by atoms with Crippen LogP contribution in [0.25, 0.3) is 0 Å². The average molecular weight is 297 g/mol. The van der Waals surface area contributed by atoms with Gasteiger partial charge in [-0.05, 0) is 25.7 Å². The number of rotatable bonds is 4. The lowest BCUT2D eigenvalue weighted by Crippen LogP contribution is -2.55. The van der Waals surface area contributed by atoms with Crippen molar-refractivity contribution in [3.63, 3.8) is 0 Å². The van der Waals surface area contributed by atoms with Crippen LogP contribution in [-0.2, 0) is 10.2 Å². The Balaban J connectivity index is 1.40. The monoisotopic (exact) mass is 297 g/mol. The van der Waals surface area contributed by atoms with E-state index in [1.807, 2.05) is 10.9 Å². The molecule has 8 heteroatoms. The molecule has 1 saturated carbocycles. The number of aromatic nitrogens is 3. The van der Waals surface area contributed by atoms with Gasteiger partial charge in [0, 0.05) is 38.3 Å². The fraction of sp³-hybridized carbons (Fsp3) is 0.833. The summed E-state index contributed by atoms with van der Waals surface area (Å²) in [6.07, 6.45) is 6.36. The van der Waals surface area contributed by atoms with Gasteiger partial charge in [0.1, 0.15) is 0 Å². The van der Waals surface area contributed by atoms with E-state index in [0.29, 0.717) is 32.1 Å². The van der Waals surface area contributed by atoms with E-state index in [4.69, 9.17) is 0 Å². The summed E-state index contributed by atoms with van der Waals surface area (Å²) >= 11 is 0. The highest BCUT2D eigenvalue weighted by atomic mass is 32.2. The lowest BCUT2D eigenvalue weighted by molar-refractivity contribution is 0.178. The van der Waals surface area contributed by atoms with Gasteiger partial charge < -0.3 is 0 Å². The van der Waals surface area contributed by atoms with Crippen LogP contribution in [0, 0.1) is 0 Å². The van der Waals surface area contributed by atoms with Crippen LogP contribution >= 0.6 is 0 Å². The van der Waals surface area contributed by atoms with Crippen molar-refractivity contribution in [2.75, 3.05) is 26.2 Å². The molecular weight excluding hydrogens is 278 g/mol. The minimum Gasteiger partial charge on any atom is -0.247 e. The van der Waals surface area contributed by atoms with Crippen LogP contribution in [0.5, 0.6) is 0 Å². The van der Waals surface area contributed by atoms with Crippen molar-refractivity contribution in [3.05, 3.63) is 11.9 Å². The average Bonchev–Trinajstić information content (AvgIpc) is 2.90. The summed E-state index contributed by atoms with van der Waals surface area (Å²) in [5.74, 6) is 0.591. The quantitative estimate of drug-likeness (QED) is 0.804. The fourth-order valence-corrected chi connectivity index (χ4v) is 4.66. The summed E-state index contributed by atoms with van der Waals surface area (Å²) in [5, 5.41) is 8.33. The second-order valence-electron chi connectivity index (χ2n) is 5.98. The van der Waals surface area contributed by atoms with Gasteiger partial charge in [-0.25, -0.2) is 4.68 Å². The molecule has 20 heavy (non-hydrogen) atoms. The van der Waals surface area contributed by atoms with Gasteiger partial charge >= 0.3 is 0 Å². The first-order chi connectivity index (χ1) is 9.64. The van der Waals surface area contributed by atoms with E-state index < -0.39 is 10.2 Å². The van der Waals surface area contributed by atoms with E-state index in [-0.39, 0.29) is 6.04 Å². The summed E-state index contributed by atoms with van der Waals surface area (Å²) in [4.78, 5) is 0.